The second-order valence-corrected chi connectivity index (χ2v) is 8.03. The van der Waals surface area contributed by atoms with Crippen molar-refractivity contribution in [3.05, 3.63) is 53.6 Å². The summed E-state index contributed by atoms with van der Waals surface area (Å²) in [5.74, 6) is 0.339. The van der Waals surface area contributed by atoms with Gasteiger partial charge in [-0.25, -0.2) is 4.98 Å². The molecule has 1 N–H and O–H groups in total. The highest BCUT2D eigenvalue weighted by Gasteiger charge is 2.14. The first kappa shape index (κ1) is 17.9. The van der Waals surface area contributed by atoms with Gasteiger partial charge >= 0.3 is 0 Å². The summed E-state index contributed by atoms with van der Waals surface area (Å²) < 4.78 is 6.48. The Kier molecular flexibility index (Phi) is 5.09. The van der Waals surface area contributed by atoms with Gasteiger partial charge in [0.2, 0.25) is 0 Å². The molecule has 0 saturated carbocycles. The summed E-state index contributed by atoms with van der Waals surface area (Å²) in [6.07, 6.45) is 0. The second-order valence-electron chi connectivity index (χ2n) is 7.00. The van der Waals surface area contributed by atoms with Gasteiger partial charge in [-0.3, -0.25) is 10.1 Å². The number of ether oxygens (including phenoxy) is 1. The SMILES string of the molecule is CC(C)c1ccc2nc(NC(=O)c3ccc(N4CCOCC4)cc3)sc2c1. The molecule has 1 aromatic heterocycles. The standard InChI is InChI=1S/C21H23N3O2S/c1-14(2)16-5-8-18-19(13-16)27-21(22-18)23-20(25)15-3-6-17(7-4-15)24-9-11-26-12-10-24/h3-8,13-14H,9-12H2,1-2H3,(H,22,23,25). The molecule has 0 spiro atoms. The third kappa shape index (κ3) is 3.96. The number of hydrogen-bond donors (Lipinski definition) is 1. The largest absolute Gasteiger partial charge is 0.378 e. The van der Waals surface area contributed by atoms with Crippen molar-refractivity contribution in [1.29, 1.82) is 0 Å². The first-order valence-corrected chi connectivity index (χ1v) is 10.1. The highest BCUT2D eigenvalue weighted by Crippen LogP contribution is 2.29. The Bertz CT molecular complexity index is 944. The van der Waals surface area contributed by atoms with E-state index in [2.05, 4.69) is 41.2 Å². The molecule has 4 rings (SSSR count). The molecule has 5 nitrogen and oxygen atoms in total. The number of anilines is 2. The number of carbonyl (C=O) groups excluding carboxylic acids is 1. The van der Waals surface area contributed by atoms with Crippen molar-refractivity contribution in [2.75, 3.05) is 36.5 Å². The minimum absolute atomic E-state index is 0.133. The predicted octanol–water partition coefficient (Wildman–Crippen LogP) is 4.51. The third-order valence-electron chi connectivity index (χ3n) is 4.81. The Morgan fingerprint density at radius 3 is 2.59 bits per heavy atom. The van der Waals surface area contributed by atoms with Gasteiger partial charge in [-0.15, -0.1) is 0 Å². The lowest BCUT2D eigenvalue weighted by Gasteiger charge is -2.28. The van der Waals surface area contributed by atoms with Crippen molar-refractivity contribution in [2.24, 2.45) is 0 Å². The molecule has 1 aliphatic rings. The van der Waals surface area contributed by atoms with Crippen LogP contribution >= 0.6 is 11.3 Å². The fourth-order valence-electron chi connectivity index (χ4n) is 3.17. The van der Waals surface area contributed by atoms with Crippen LogP contribution in [-0.2, 0) is 4.74 Å². The van der Waals surface area contributed by atoms with Gasteiger partial charge in [0, 0.05) is 24.3 Å². The molecule has 27 heavy (non-hydrogen) atoms. The Hall–Kier alpha value is -2.44. The van der Waals surface area contributed by atoms with Crippen molar-refractivity contribution in [1.82, 2.24) is 4.98 Å². The summed E-state index contributed by atoms with van der Waals surface area (Å²) in [5.41, 5.74) is 3.95. The number of thiazole rings is 1. The molecule has 1 aliphatic heterocycles. The van der Waals surface area contributed by atoms with Gasteiger partial charge in [0.25, 0.3) is 5.91 Å². The van der Waals surface area contributed by atoms with Crippen molar-refractivity contribution in [3.8, 4) is 0 Å². The fourth-order valence-corrected chi connectivity index (χ4v) is 4.08. The minimum atomic E-state index is -0.133. The van der Waals surface area contributed by atoms with Crippen molar-refractivity contribution in [2.45, 2.75) is 19.8 Å². The fraction of sp³-hybridized carbons (Fsp3) is 0.333. The number of nitrogens with one attached hydrogen (secondary N) is 1. The number of benzene rings is 2. The summed E-state index contributed by atoms with van der Waals surface area (Å²) in [6.45, 7) is 7.61. The zero-order valence-corrected chi connectivity index (χ0v) is 16.4. The molecule has 2 aromatic carbocycles. The molecular formula is C21H23N3O2S. The molecule has 0 aliphatic carbocycles. The Labute approximate surface area is 163 Å². The first-order chi connectivity index (χ1) is 13.1. The minimum Gasteiger partial charge on any atom is -0.378 e. The molecule has 0 atom stereocenters. The highest BCUT2D eigenvalue weighted by atomic mass is 32.1. The van der Waals surface area contributed by atoms with Gasteiger partial charge in [0.15, 0.2) is 5.13 Å². The van der Waals surface area contributed by atoms with Crippen LogP contribution in [0.2, 0.25) is 0 Å². The van der Waals surface area contributed by atoms with E-state index in [1.54, 1.807) is 0 Å². The molecule has 0 radical (unpaired) electrons. The summed E-state index contributed by atoms with van der Waals surface area (Å²) in [5, 5.41) is 3.56. The average molecular weight is 382 g/mol. The summed E-state index contributed by atoms with van der Waals surface area (Å²) >= 11 is 1.51. The van der Waals surface area contributed by atoms with Gasteiger partial charge < -0.3 is 9.64 Å². The van der Waals surface area contributed by atoms with E-state index in [1.807, 2.05) is 30.3 Å². The van der Waals surface area contributed by atoms with E-state index in [0.717, 1.165) is 42.2 Å². The molecule has 0 unspecified atom stereocenters. The van der Waals surface area contributed by atoms with E-state index >= 15 is 0 Å². The quantitative estimate of drug-likeness (QED) is 0.722. The van der Waals surface area contributed by atoms with E-state index in [4.69, 9.17) is 4.74 Å². The third-order valence-corrected chi connectivity index (χ3v) is 5.74. The van der Waals surface area contributed by atoms with Gasteiger partial charge in [0.05, 0.1) is 23.4 Å². The van der Waals surface area contributed by atoms with Crippen molar-refractivity contribution >= 4 is 38.3 Å². The molecule has 3 aromatic rings. The number of nitrogens with zero attached hydrogens (tertiary/aromatic N) is 2. The number of aromatic nitrogens is 1. The summed E-state index contributed by atoms with van der Waals surface area (Å²) in [6, 6.07) is 14.0. The zero-order chi connectivity index (χ0) is 18.8. The molecule has 1 amide bonds. The van der Waals surface area contributed by atoms with Crippen LogP contribution in [0.3, 0.4) is 0 Å². The van der Waals surface area contributed by atoms with Gasteiger partial charge in [0.1, 0.15) is 0 Å². The van der Waals surface area contributed by atoms with Gasteiger partial charge in [-0.05, 0) is 47.9 Å². The Morgan fingerprint density at radius 2 is 1.89 bits per heavy atom. The van der Waals surface area contributed by atoms with Crippen LogP contribution in [0, 0.1) is 0 Å². The van der Waals surface area contributed by atoms with Crippen molar-refractivity contribution in [3.63, 3.8) is 0 Å². The van der Waals surface area contributed by atoms with E-state index in [0.29, 0.717) is 16.6 Å². The lowest BCUT2D eigenvalue weighted by molar-refractivity contribution is 0.102. The Balaban J connectivity index is 1.47. The van der Waals surface area contributed by atoms with Crippen LogP contribution in [-0.4, -0.2) is 37.2 Å². The normalized spacial score (nSPS) is 14.7. The van der Waals surface area contributed by atoms with E-state index in [-0.39, 0.29) is 5.91 Å². The van der Waals surface area contributed by atoms with E-state index in [9.17, 15) is 4.79 Å². The lowest BCUT2D eigenvalue weighted by Crippen LogP contribution is -2.36. The lowest BCUT2D eigenvalue weighted by atomic mass is 10.0. The first-order valence-electron chi connectivity index (χ1n) is 9.25. The smallest absolute Gasteiger partial charge is 0.257 e. The number of carbonyl (C=O) groups is 1. The monoisotopic (exact) mass is 381 g/mol. The molecular weight excluding hydrogens is 358 g/mol. The van der Waals surface area contributed by atoms with Gasteiger partial charge in [-0.2, -0.15) is 0 Å². The number of morpholine rings is 1. The summed E-state index contributed by atoms with van der Waals surface area (Å²) in [7, 11) is 0. The van der Waals surface area contributed by atoms with Crippen LogP contribution in [0.25, 0.3) is 10.2 Å². The molecule has 2 heterocycles. The predicted molar refractivity (Wildman–Crippen MR) is 111 cm³/mol. The molecule has 1 saturated heterocycles. The van der Waals surface area contributed by atoms with Crippen LogP contribution < -0.4 is 10.2 Å². The van der Waals surface area contributed by atoms with E-state index < -0.39 is 0 Å². The molecule has 0 bridgehead atoms. The zero-order valence-electron chi connectivity index (χ0n) is 15.6. The maximum atomic E-state index is 12.6. The van der Waals surface area contributed by atoms with E-state index in [1.165, 1.54) is 16.9 Å². The molecule has 1 fully saturated rings. The Morgan fingerprint density at radius 1 is 1.15 bits per heavy atom. The second kappa shape index (κ2) is 7.66. The van der Waals surface area contributed by atoms with Gasteiger partial charge in [-0.1, -0.05) is 31.3 Å². The number of amides is 1. The highest BCUT2D eigenvalue weighted by molar-refractivity contribution is 7.22. The molecule has 6 heteroatoms. The van der Waals surface area contributed by atoms with Crippen LogP contribution in [0.5, 0.6) is 0 Å². The van der Waals surface area contributed by atoms with Crippen molar-refractivity contribution < 1.29 is 9.53 Å². The van der Waals surface area contributed by atoms with Crippen LogP contribution in [0.4, 0.5) is 10.8 Å². The topological polar surface area (TPSA) is 54.5 Å². The number of rotatable bonds is 4. The maximum absolute atomic E-state index is 12.6. The summed E-state index contributed by atoms with van der Waals surface area (Å²) in [4.78, 5) is 19.4. The molecule has 140 valence electrons. The number of hydrogen-bond acceptors (Lipinski definition) is 5. The average Bonchev–Trinajstić information content (AvgIpc) is 3.10. The number of fused-ring (bicyclic) bond motifs is 1. The van der Waals surface area contributed by atoms with Crippen LogP contribution in [0.15, 0.2) is 42.5 Å². The maximum Gasteiger partial charge on any atom is 0.257 e. The van der Waals surface area contributed by atoms with Crippen LogP contribution in [0.1, 0.15) is 35.7 Å².